The van der Waals surface area contributed by atoms with Crippen LogP contribution in [0.3, 0.4) is 0 Å². The number of amides is 2. The summed E-state index contributed by atoms with van der Waals surface area (Å²) in [6.45, 7) is 2.34. The Balaban J connectivity index is 3.11. The Hall–Kier alpha value is -2.01. The van der Waals surface area contributed by atoms with E-state index in [-0.39, 0.29) is 5.57 Å². The van der Waals surface area contributed by atoms with E-state index < -0.39 is 43.1 Å². The number of ether oxygens (including phenoxy) is 2. The largest absolute Gasteiger partial charge is 0.394 e. The van der Waals surface area contributed by atoms with Gasteiger partial charge in [0.05, 0.1) is 6.61 Å². The maximum absolute atomic E-state index is 12.1. The van der Waals surface area contributed by atoms with Crippen LogP contribution in [0.25, 0.3) is 0 Å². The highest BCUT2D eigenvalue weighted by atomic mass is 16.7. The van der Waals surface area contributed by atoms with Gasteiger partial charge in [-0.2, -0.15) is 0 Å². The fourth-order valence-electron chi connectivity index (χ4n) is 2.29. The van der Waals surface area contributed by atoms with Gasteiger partial charge in [-0.25, -0.2) is 4.79 Å². The molecule has 24 heavy (non-hydrogen) atoms. The van der Waals surface area contributed by atoms with Gasteiger partial charge in [0.1, 0.15) is 24.5 Å². The maximum Gasteiger partial charge on any atom is 0.323 e. The maximum atomic E-state index is 12.1. The third-order valence-electron chi connectivity index (χ3n) is 3.39. The van der Waals surface area contributed by atoms with Crippen molar-refractivity contribution in [1.82, 2.24) is 15.7 Å². The van der Waals surface area contributed by atoms with E-state index in [9.17, 15) is 19.5 Å². The monoisotopic (exact) mass is 345 g/mol. The molecule has 1 heterocycles. The number of urea groups is 1. The van der Waals surface area contributed by atoms with Crippen LogP contribution in [0.1, 0.15) is 13.8 Å². The average molecular weight is 345 g/mol. The molecule has 3 N–H and O–H groups in total. The third-order valence-corrected chi connectivity index (χ3v) is 3.39. The lowest BCUT2D eigenvalue weighted by molar-refractivity contribution is -0.153. The van der Waals surface area contributed by atoms with Gasteiger partial charge in [-0.1, -0.05) is 0 Å². The zero-order chi connectivity index (χ0) is 18.3. The summed E-state index contributed by atoms with van der Waals surface area (Å²) in [4.78, 5) is 39.9. The summed E-state index contributed by atoms with van der Waals surface area (Å²) in [5.41, 5.74) is 2.77. The van der Waals surface area contributed by atoms with Crippen LogP contribution < -0.4 is 10.8 Å². The van der Waals surface area contributed by atoms with Crippen LogP contribution in [0.2, 0.25) is 0 Å². The van der Waals surface area contributed by atoms with Gasteiger partial charge in [0.25, 0.3) is 0 Å². The van der Waals surface area contributed by atoms with Crippen molar-refractivity contribution >= 4 is 18.3 Å². The summed E-state index contributed by atoms with van der Waals surface area (Å²) < 4.78 is 11.0. The van der Waals surface area contributed by atoms with Crippen molar-refractivity contribution in [1.29, 1.82) is 0 Å². The molecule has 0 bridgehead atoms. The molecule has 0 aromatic carbocycles. The molecule has 0 spiro atoms. The number of aldehydes is 1. The molecule has 1 rings (SSSR count). The molecule has 136 valence electrons. The fraction of sp³-hybridized carbons (Fsp3) is 0.643. The topological polar surface area (TPSA) is 126 Å². The minimum Gasteiger partial charge on any atom is -0.394 e. The number of nitrogens with zero attached hydrogens (tertiary/aromatic N) is 1. The van der Waals surface area contributed by atoms with Crippen molar-refractivity contribution in [3.63, 3.8) is 0 Å². The van der Waals surface area contributed by atoms with Crippen LogP contribution in [0.15, 0.2) is 11.8 Å². The Morgan fingerprint density at radius 1 is 1.38 bits per heavy atom. The van der Waals surface area contributed by atoms with Crippen molar-refractivity contribution in [2.45, 2.75) is 38.3 Å². The molecule has 0 saturated carbocycles. The van der Waals surface area contributed by atoms with Gasteiger partial charge in [0.15, 0.2) is 6.23 Å². The Labute approximate surface area is 139 Å². The SMILES string of the molecule is CNC(=O)N(/C=C(/C)C=O)[C@@H]1O[C@H](CO)[C@@H](NOC(C)=O)[C@H]1OC. The smallest absolute Gasteiger partial charge is 0.323 e. The van der Waals surface area contributed by atoms with E-state index in [0.717, 1.165) is 4.90 Å². The summed E-state index contributed by atoms with van der Waals surface area (Å²) in [6.07, 6.45) is -0.614. The van der Waals surface area contributed by atoms with Gasteiger partial charge in [-0.05, 0) is 6.92 Å². The van der Waals surface area contributed by atoms with Crippen molar-refractivity contribution < 1.29 is 33.8 Å². The zero-order valence-electron chi connectivity index (χ0n) is 14.0. The normalized spacial score (nSPS) is 26.8. The first-order chi connectivity index (χ1) is 11.4. The molecule has 1 saturated heterocycles. The van der Waals surface area contributed by atoms with Crippen LogP contribution in [-0.4, -0.2) is 73.5 Å². The Kier molecular flexibility index (Phi) is 7.79. The zero-order valence-corrected chi connectivity index (χ0v) is 14.0. The molecule has 1 aliphatic rings. The summed E-state index contributed by atoms with van der Waals surface area (Å²) >= 11 is 0. The fourth-order valence-corrected chi connectivity index (χ4v) is 2.29. The van der Waals surface area contributed by atoms with E-state index in [1.807, 2.05) is 0 Å². The van der Waals surface area contributed by atoms with E-state index in [1.54, 1.807) is 0 Å². The van der Waals surface area contributed by atoms with E-state index in [0.29, 0.717) is 6.29 Å². The Morgan fingerprint density at radius 3 is 2.50 bits per heavy atom. The van der Waals surface area contributed by atoms with Crippen LogP contribution in [0, 0.1) is 0 Å². The van der Waals surface area contributed by atoms with Crippen LogP contribution in [0.4, 0.5) is 4.79 Å². The van der Waals surface area contributed by atoms with Crippen molar-refractivity contribution in [3.05, 3.63) is 11.8 Å². The number of rotatable bonds is 7. The number of carbonyl (C=O) groups is 3. The van der Waals surface area contributed by atoms with Gasteiger partial charge < -0.3 is 24.7 Å². The van der Waals surface area contributed by atoms with Gasteiger partial charge in [0, 0.05) is 32.9 Å². The van der Waals surface area contributed by atoms with Gasteiger partial charge >= 0.3 is 12.0 Å². The first kappa shape index (κ1) is 20.0. The first-order valence-corrected chi connectivity index (χ1v) is 7.25. The second kappa shape index (κ2) is 9.33. The van der Waals surface area contributed by atoms with Crippen LogP contribution in [0.5, 0.6) is 0 Å². The lowest BCUT2D eigenvalue weighted by atomic mass is 10.1. The van der Waals surface area contributed by atoms with E-state index in [2.05, 4.69) is 10.8 Å². The number of aliphatic hydroxyl groups excluding tert-OH is 1. The first-order valence-electron chi connectivity index (χ1n) is 7.25. The lowest BCUT2D eigenvalue weighted by Crippen LogP contribution is -2.52. The van der Waals surface area contributed by atoms with E-state index in [1.165, 1.54) is 34.2 Å². The molecule has 4 atom stereocenters. The number of aliphatic hydroxyl groups is 1. The number of hydroxylamine groups is 1. The molecule has 10 heteroatoms. The van der Waals surface area contributed by atoms with E-state index in [4.69, 9.17) is 14.3 Å². The van der Waals surface area contributed by atoms with E-state index >= 15 is 0 Å². The van der Waals surface area contributed by atoms with Gasteiger partial charge in [0.2, 0.25) is 0 Å². The number of hydrogen-bond acceptors (Lipinski definition) is 8. The predicted molar refractivity (Wildman–Crippen MR) is 81.3 cm³/mol. The van der Waals surface area contributed by atoms with Crippen LogP contribution in [-0.2, 0) is 23.9 Å². The molecular formula is C14H23N3O7. The number of nitrogens with one attached hydrogen (secondary N) is 2. The highest BCUT2D eigenvalue weighted by Gasteiger charge is 2.49. The molecule has 0 unspecified atom stereocenters. The number of hydrogen-bond donors (Lipinski definition) is 3. The molecule has 0 aromatic heterocycles. The minimum atomic E-state index is -0.949. The molecule has 0 aliphatic carbocycles. The molecule has 1 fully saturated rings. The molecule has 1 aliphatic heterocycles. The lowest BCUT2D eigenvalue weighted by Gasteiger charge is -2.29. The van der Waals surface area contributed by atoms with Crippen LogP contribution >= 0.6 is 0 Å². The third kappa shape index (κ3) is 4.74. The highest BCUT2D eigenvalue weighted by molar-refractivity contribution is 5.78. The Bertz CT molecular complexity index is 497. The summed E-state index contributed by atoms with van der Waals surface area (Å²) in [5, 5.41) is 11.9. The minimum absolute atomic E-state index is 0.286. The molecule has 10 nitrogen and oxygen atoms in total. The number of carbonyl (C=O) groups excluding carboxylic acids is 3. The van der Waals surface area contributed by atoms with Crippen molar-refractivity contribution in [2.24, 2.45) is 0 Å². The molecule has 0 radical (unpaired) electrons. The second-order valence-corrected chi connectivity index (χ2v) is 5.14. The van der Waals surface area contributed by atoms with Gasteiger partial charge in [-0.3, -0.25) is 14.5 Å². The van der Waals surface area contributed by atoms with Crippen molar-refractivity contribution in [2.75, 3.05) is 20.8 Å². The predicted octanol–water partition coefficient (Wildman–Crippen LogP) is -1.10. The average Bonchev–Trinajstić information content (AvgIpc) is 2.93. The summed E-state index contributed by atoms with van der Waals surface area (Å²) in [6, 6.07) is -1.25. The summed E-state index contributed by atoms with van der Waals surface area (Å²) in [7, 11) is 2.82. The summed E-state index contributed by atoms with van der Waals surface area (Å²) in [5.74, 6) is -0.579. The molecular weight excluding hydrogens is 322 g/mol. The highest BCUT2D eigenvalue weighted by Crippen LogP contribution is 2.27. The quantitative estimate of drug-likeness (QED) is 0.301. The molecule has 2 amide bonds. The Morgan fingerprint density at radius 2 is 2.04 bits per heavy atom. The number of allylic oxidation sites excluding steroid dienone is 1. The standard InChI is InChI=1S/C14H23N3O7/c1-8(6-18)5-17(14(21)15-3)13-12(22-4)11(10(7-19)23-13)16-24-9(2)20/h5-6,10-13,16,19H,7H2,1-4H3,(H,15,21)/b8-5-/t10-,11-,12-,13-/m1/s1. The van der Waals surface area contributed by atoms with Crippen molar-refractivity contribution in [3.8, 4) is 0 Å². The van der Waals surface area contributed by atoms with Gasteiger partial charge in [-0.15, -0.1) is 5.48 Å². The molecule has 0 aromatic rings. The second-order valence-electron chi connectivity index (χ2n) is 5.14. The number of methoxy groups -OCH3 is 1.